The zero-order valence-electron chi connectivity index (χ0n) is 17.7. The number of nitrogens with one attached hydrogen (secondary N) is 2. The maximum Gasteiger partial charge on any atom is 0.274 e. The van der Waals surface area contributed by atoms with Crippen LogP contribution in [0, 0.1) is 35.5 Å². The molecule has 1 amide bonds. The first-order valence-corrected chi connectivity index (χ1v) is 11.0. The van der Waals surface area contributed by atoms with E-state index < -0.39 is 0 Å². The van der Waals surface area contributed by atoms with Crippen LogP contribution >= 0.6 is 0 Å². The van der Waals surface area contributed by atoms with E-state index in [9.17, 15) is 9.59 Å². The van der Waals surface area contributed by atoms with Crippen molar-refractivity contribution in [3.63, 3.8) is 0 Å². The lowest BCUT2D eigenvalue weighted by atomic mass is 9.49. The highest BCUT2D eigenvalue weighted by Gasteiger charge is 2.52. The van der Waals surface area contributed by atoms with Crippen molar-refractivity contribution in [3.05, 3.63) is 28.7 Å². The second kappa shape index (κ2) is 7.23. The van der Waals surface area contributed by atoms with Gasteiger partial charge in [-0.1, -0.05) is 13.8 Å². The molecule has 0 aromatic carbocycles. The molecular formula is C23H35N3O2. The number of amides is 1. The maximum atomic E-state index is 12.9. The molecule has 154 valence electrons. The molecule has 3 fully saturated rings. The van der Waals surface area contributed by atoms with Crippen LogP contribution in [0.2, 0.25) is 0 Å². The number of rotatable bonds is 4. The summed E-state index contributed by atoms with van der Waals surface area (Å²) < 4.78 is 1.49. The molecule has 5 heteroatoms. The molecule has 4 unspecified atom stereocenters. The lowest BCUT2D eigenvalue weighted by molar-refractivity contribution is -0.127. The van der Waals surface area contributed by atoms with E-state index >= 15 is 0 Å². The van der Waals surface area contributed by atoms with Gasteiger partial charge in [0.25, 0.3) is 5.56 Å². The Balaban J connectivity index is 1.49. The molecule has 3 aliphatic rings. The first-order valence-electron chi connectivity index (χ1n) is 11.0. The molecule has 1 aromatic heterocycles. The summed E-state index contributed by atoms with van der Waals surface area (Å²) in [7, 11) is 1.72. The largest absolute Gasteiger partial charge is 0.384 e. The van der Waals surface area contributed by atoms with Crippen molar-refractivity contribution in [1.82, 2.24) is 9.88 Å². The predicted molar refractivity (Wildman–Crippen MR) is 112 cm³/mol. The Bertz CT molecular complexity index is 779. The van der Waals surface area contributed by atoms with Gasteiger partial charge in [0.15, 0.2) is 0 Å². The molecule has 0 aliphatic heterocycles. The fourth-order valence-corrected chi connectivity index (χ4v) is 6.90. The normalized spacial score (nSPS) is 39.3. The van der Waals surface area contributed by atoms with E-state index in [1.807, 2.05) is 0 Å². The van der Waals surface area contributed by atoms with Gasteiger partial charge in [-0.2, -0.15) is 0 Å². The SMILES string of the molecule is CNc1cccn(CC(=O)NC2(C)CC3C(C)C[C@@H]4CC3[C@@H](C2)[C@H](C)C4)c1=O. The monoisotopic (exact) mass is 385 g/mol. The van der Waals surface area contributed by atoms with Crippen molar-refractivity contribution in [2.24, 2.45) is 35.5 Å². The van der Waals surface area contributed by atoms with Crippen LogP contribution in [-0.2, 0) is 11.3 Å². The summed E-state index contributed by atoms with van der Waals surface area (Å²) in [6.45, 7) is 7.16. The molecule has 2 N–H and O–H groups in total. The van der Waals surface area contributed by atoms with Gasteiger partial charge in [-0.25, -0.2) is 0 Å². The first kappa shape index (κ1) is 19.5. The molecule has 0 spiro atoms. The van der Waals surface area contributed by atoms with Gasteiger partial charge in [0, 0.05) is 18.8 Å². The van der Waals surface area contributed by atoms with Crippen molar-refractivity contribution in [3.8, 4) is 0 Å². The molecule has 5 nitrogen and oxygen atoms in total. The number of fused-ring (bicyclic) bond motifs is 1. The third kappa shape index (κ3) is 3.48. The summed E-state index contributed by atoms with van der Waals surface area (Å²) in [5, 5.41) is 6.24. The van der Waals surface area contributed by atoms with Gasteiger partial charge in [0.2, 0.25) is 5.91 Å². The molecule has 28 heavy (non-hydrogen) atoms. The minimum Gasteiger partial charge on any atom is -0.384 e. The highest BCUT2D eigenvalue weighted by atomic mass is 16.2. The Morgan fingerprint density at radius 3 is 2.39 bits per heavy atom. The molecule has 7 atom stereocenters. The van der Waals surface area contributed by atoms with Crippen molar-refractivity contribution in [2.75, 3.05) is 12.4 Å². The van der Waals surface area contributed by atoms with Gasteiger partial charge >= 0.3 is 0 Å². The van der Waals surface area contributed by atoms with Crippen LogP contribution in [-0.4, -0.2) is 23.1 Å². The molecule has 1 heterocycles. The average Bonchev–Trinajstić information content (AvgIpc) is 2.63. The number of anilines is 1. The van der Waals surface area contributed by atoms with E-state index in [1.165, 1.54) is 23.8 Å². The first-order chi connectivity index (χ1) is 13.3. The number of pyridine rings is 1. The minimum atomic E-state index is -0.167. The van der Waals surface area contributed by atoms with Gasteiger partial charge in [-0.3, -0.25) is 9.59 Å². The van der Waals surface area contributed by atoms with Gasteiger partial charge in [-0.15, -0.1) is 0 Å². The zero-order chi connectivity index (χ0) is 20.1. The van der Waals surface area contributed by atoms with Gasteiger partial charge < -0.3 is 15.2 Å². The minimum absolute atomic E-state index is 0.0545. The summed E-state index contributed by atoms with van der Waals surface area (Å²) in [5.74, 6) is 4.67. The fourth-order valence-electron chi connectivity index (χ4n) is 6.90. The summed E-state index contributed by atoms with van der Waals surface area (Å²) in [5.41, 5.74) is 0.199. The maximum absolute atomic E-state index is 12.9. The molecule has 0 radical (unpaired) electrons. The Morgan fingerprint density at radius 2 is 1.79 bits per heavy atom. The number of aromatic nitrogens is 1. The molecule has 3 aliphatic carbocycles. The van der Waals surface area contributed by atoms with Crippen LogP contribution in [0.1, 0.15) is 52.9 Å². The molecule has 1 aromatic rings. The Morgan fingerprint density at radius 1 is 1.14 bits per heavy atom. The van der Waals surface area contributed by atoms with E-state index in [2.05, 4.69) is 31.4 Å². The van der Waals surface area contributed by atoms with Crippen LogP contribution < -0.4 is 16.2 Å². The van der Waals surface area contributed by atoms with Crippen LogP contribution in [0.15, 0.2) is 23.1 Å². The summed E-state index contributed by atoms with van der Waals surface area (Å²) >= 11 is 0. The highest BCUT2D eigenvalue weighted by molar-refractivity contribution is 5.76. The summed E-state index contributed by atoms with van der Waals surface area (Å²) in [6, 6.07) is 3.54. The number of nitrogens with zero attached hydrogens (tertiary/aromatic N) is 1. The third-order valence-corrected chi connectivity index (χ3v) is 7.99. The number of carbonyl (C=O) groups excluding carboxylic acids is 1. The standard InChI is InChI=1S/C23H35N3O2/c1-14-8-16-9-15(2)19-12-23(3,11-18(14)17(19)10-16)25-21(27)13-26-7-5-6-20(24-4)22(26)28/h5-7,14-19,24H,8-13H2,1-4H3,(H,25,27)/t14-,15?,16-,17?,18+,19?,23?/m1/s1. The van der Waals surface area contributed by atoms with E-state index in [-0.39, 0.29) is 23.6 Å². The molecular weight excluding hydrogens is 350 g/mol. The van der Waals surface area contributed by atoms with Crippen molar-refractivity contribution >= 4 is 11.6 Å². The Kier molecular flexibility index (Phi) is 5.05. The third-order valence-electron chi connectivity index (χ3n) is 7.99. The van der Waals surface area contributed by atoms with Gasteiger partial charge in [0.1, 0.15) is 12.2 Å². The van der Waals surface area contributed by atoms with Crippen LogP contribution in [0.4, 0.5) is 5.69 Å². The molecule has 3 saturated carbocycles. The summed E-state index contributed by atoms with van der Waals surface area (Å²) in [6.07, 6.45) is 7.95. The smallest absolute Gasteiger partial charge is 0.274 e. The molecule has 4 rings (SSSR count). The topological polar surface area (TPSA) is 63.1 Å². The van der Waals surface area contributed by atoms with Crippen molar-refractivity contribution < 1.29 is 4.79 Å². The quantitative estimate of drug-likeness (QED) is 0.834. The van der Waals surface area contributed by atoms with Crippen LogP contribution in [0.3, 0.4) is 0 Å². The van der Waals surface area contributed by atoms with Crippen LogP contribution in [0.25, 0.3) is 0 Å². The lowest BCUT2D eigenvalue weighted by Crippen LogP contribution is -2.58. The Hall–Kier alpha value is -1.78. The van der Waals surface area contributed by atoms with Crippen LogP contribution in [0.5, 0.6) is 0 Å². The van der Waals surface area contributed by atoms with Gasteiger partial charge in [0.05, 0.1) is 0 Å². The number of hydrogen-bond donors (Lipinski definition) is 2. The van der Waals surface area contributed by atoms with E-state index in [0.29, 0.717) is 5.69 Å². The predicted octanol–water partition coefficient (Wildman–Crippen LogP) is 3.49. The average molecular weight is 386 g/mol. The highest BCUT2D eigenvalue weighted by Crippen LogP contribution is 2.57. The second-order valence-electron chi connectivity index (χ2n) is 10.1. The van der Waals surface area contributed by atoms with Gasteiger partial charge in [-0.05, 0) is 86.7 Å². The lowest BCUT2D eigenvalue weighted by Gasteiger charge is -2.58. The Labute approximate surface area is 168 Å². The van der Waals surface area contributed by atoms with E-state index in [0.717, 1.165) is 48.3 Å². The molecule has 0 saturated heterocycles. The van der Waals surface area contributed by atoms with Crippen molar-refractivity contribution in [2.45, 2.75) is 65.0 Å². The summed E-state index contributed by atoms with van der Waals surface area (Å²) in [4.78, 5) is 25.3. The number of hydrogen-bond acceptors (Lipinski definition) is 3. The van der Waals surface area contributed by atoms with E-state index in [1.54, 1.807) is 25.4 Å². The molecule has 2 bridgehead atoms. The zero-order valence-corrected chi connectivity index (χ0v) is 17.7. The second-order valence-corrected chi connectivity index (χ2v) is 10.1. The fraction of sp³-hybridized carbons (Fsp3) is 0.739. The van der Waals surface area contributed by atoms with E-state index in [4.69, 9.17) is 0 Å². The van der Waals surface area contributed by atoms with Crippen molar-refractivity contribution in [1.29, 1.82) is 0 Å². The number of carbonyl (C=O) groups is 1.